The maximum absolute atomic E-state index is 12.2. The van der Waals surface area contributed by atoms with E-state index in [0.29, 0.717) is 12.5 Å². The van der Waals surface area contributed by atoms with Crippen molar-refractivity contribution in [3.8, 4) is 0 Å². The van der Waals surface area contributed by atoms with E-state index in [1.807, 2.05) is 0 Å². The largest absolute Gasteiger partial charge is 0.341 e. The molecule has 1 fully saturated rings. The predicted molar refractivity (Wildman–Crippen MR) is 74.2 cm³/mol. The lowest BCUT2D eigenvalue weighted by Gasteiger charge is -2.17. The Morgan fingerprint density at radius 3 is 2.52 bits per heavy atom. The molecule has 0 aromatic heterocycles. The van der Waals surface area contributed by atoms with Crippen molar-refractivity contribution < 1.29 is 18.1 Å². The van der Waals surface area contributed by atoms with Gasteiger partial charge in [0.2, 0.25) is 10.0 Å². The highest BCUT2D eigenvalue weighted by atomic mass is 32.2. The molecule has 0 heterocycles. The summed E-state index contributed by atoms with van der Waals surface area (Å²) in [5, 5.41) is 15.8. The summed E-state index contributed by atoms with van der Waals surface area (Å²) in [5.41, 5.74) is -0.541. The van der Waals surface area contributed by atoms with Crippen LogP contribution in [-0.4, -0.2) is 37.7 Å². The van der Waals surface area contributed by atoms with E-state index in [9.17, 15) is 23.3 Å². The molecule has 114 valence electrons. The second-order valence-corrected chi connectivity index (χ2v) is 6.71. The minimum Gasteiger partial charge on any atom is -0.341 e. The summed E-state index contributed by atoms with van der Waals surface area (Å²) < 4.78 is 22.7. The van der Waals surface area contributed by atoms with Gasteiger partial charge in [-0.2, -0.15) is 0 Å². The molecule has 2 N–H and O–H groups in total. The molecule has 1 amide bonds. The van der Waals surface area contributed by atoms with Crippen molar-refractivity contribution in [2.75, 3.05) is 13.6 Å². The van der Waals surface area contributed by atoms with Gasteiger partial charge in [0.05, 0.1) is 9.82 Å². The fourth-order valence-corrected chi connectivity index (χ4v) is 2.54. The Morgan fingerprint density at radius 1 is 1.43 bits per heavy atom. The van der Waals surface area contributed by atoms with Crippen molar-refractivity contribution in [2.45, 2.75) is 17.7 Å². The van der Waals surface area contributed by atoms with E-state index >= 15 is 0 Å². The van der Waals surface area contributed by atoms with Crippen LogP contribution in [0.2, 0.25) is 0 Å². The van der Waals surface area contributed by atoms with E-state index in [0.717, 1.165) is 31.0 Å². The molecular weight excluding hydrogens is 298 g/mol. The summed E-state index contributed by atoms with van der Waals surface area (Å²) in [6.07, 6.45) is 2.10. The number of nitrogens with two attached hydrogens (primary N) is 1. The molecule has 0 unspecified atom stereocenters. The van der Waals surface area contributed by atoms with E-state index in [1.54, 1.807) is 7.05 Å². The van der Waals surface area contributed by atoms with E-state index < -0.39 is 31.4 Å². The van der Waals surface area contributed by atoms with Crippen molar-refractivity contribution in [3.63, 3.8) is 0 Å². The number of amides is 1. The van der Waals surface area contributed by atoms with E-state index in [-0.39, 0.29) is 5.56 Å². The highest BCUT2D eigenvalue weighted by Gasteiger charge is 2.27. The fraction of sp³-hybridized carbons (Fsp3) is 0.417. The van der Waals surface area contributed by atoms with Crippen molar-refractivity contribution >= 4 is 21.6 Å². The van der Waals surface area contributed by atoms with Gasteiger partial charge < -0.3 is 4.90 Å². The average molecular weight is 313 g/mol. The number of nitro groups is 1. The first kappa shape index (κ1) is 15.4. The molecule has 8 nitrogen and oxygen atoms in total. The van der Waals surface area contributed by atoms with E-state index in [4.69, 9.17) is 5.14 Å². The minimum absolute atomic E-state index is 0.0589. The van der Waals surface area contributed by atoms with Crippen molar-refractivity contribution in [1.82, 2.24) is 4.90 Å². The molecule has 9 heteroatoms. The van der Waals surface area contributed by atoms with Crippen molar-refractivity contribution in [3.05, 3.63) is 33.9 Å². The monoisotopic (exact) mass is 313 g/mol. The number of nitro benzene ring substituents is 1. The first-order valence-electron chi connectivity index (χ1n) is 6.26. The average Bonchev–Trinajstić information content (AvgIpc) is 3.20. The molecule has 1 aliphatic rings. The van der Waals surface area contributed by atoms with Crippen LogP contribution in [0.25, 0.3) is 0 Å². The second-order valence-electron chi connectivity index (χ2n) is 5.15. The van der Waals surface area contributed by atoms with Crippen LogP contribution in [0, 0.1) is 16.0 Å². The fourth-order valence-electron chi connectivity index (χ4n) is 1.97. The Bertz CT molecular complexity index is 697. The molecule has 1 aromatic carbocycles. The van der Waals surface area contributed by atoms with Crippen molar-refractivity contribution in [2.24, 2.45) is 11.1 Å². The Balaban J connectivity index is 2.39. The lowest BCUT2D eigenvalue weighted by atomic mass is 10.1. The molecule has 1 aromatic rings. The van der Waals surface area contributed by atoms with Gasteiger partial charge in [-0.05, 0) is 24.8 Å². The number of benzene rings is 1. The Morgan fingerprint density at radius 2 is 2.05 bits per heavy atom. The van der Waals surface area contributed by atoms with Crippen LogP contribution < -0.4 is 5.14 Å². The number of nitrogens with zero attached hydrogens (tertiary/aromatic N) is 2. The van der Waals surface area contributed by atoms with Gasteiger partial charge >= 0.3 is 0 Å². The number of hydrogen-bond donors (Lipinski definition) is 1. The predicted octanol–water partition coefficient (Wildman–Crippen LogP) is 0.724. The number of sulfonamides is 1. The highest BCUT2D eigenvalue weighted by molar-refractivity contribution is 7.89. The molecular formula is C12H15N3O5S. The summed E-state index contributed by atoms with van der Waals surface area (Å²) >= 11 is 0. The van der Waals surface area contributed by atoms with Crippen LogP contribution in [-0.2, 0) is 10.0 Å². The van der Waals surface area contributed by atoms with Crippen molar-refractivity contribution in [1.29, 1.82) is 0 Å². The molecule has 1 aliphatic carbocycles. The lowest BCUT2D eigenvalue weighted by molar-refractivity contribution is -0.385. The Kier molecular flexibility index (Phi) is 3.97. The first-order valence-corrected chi connectivity index (χ1v) is 7.81. The van der Waals surface area contributed by atoms with Gasteiger partial charge in [-0.25, -0.2) is 13.6 Å². The lowest BCUT2D eigenvalue weighted by Crippen LogP contribution is -2.29. The zero-order valence-electron chi connectivity index (χ0n) is 11.4. The third-order valence-corrected chi connectivity index (χ3v) is 4.15. The summed E-state index contributed by atoms with van der Waals surface area (Å²) in [7, 11) is -2.55. The summed E-state index contributed by atoms with van der Waals surface area (Å²) in [5.74, 6) is -0.00846. The molecule has 0 radical (unpaired) electrons. The van der Waals surface area contributed by atoms with Gasteiger partial charge in [0.1, 0.15) is 0 Å². The molecule has 1 saturated carbocycles. The third kappa shape index (κ3) is 3.76. The first-order chi connectivity index (χ1) is 9.68. The van der Waals surface area contributed by atoms with Gasteiger partial charge in [-0.15, -0.1) is 0 Å². The minimum atomic E-state index is -4.13. The number of carbonyl (C=O) groups is 1. The number of rotatable bonds is 5. The van der Waals surface area contributed by atoms with Crippen LogP contribution in [0.5, 0.6) is 0 Å². The van der Waals surface area contributed by atoms with Gasteiger partial charge in [-0.1, -0.05) is 0 Å². The van der Waals surface area contributed by atoms with Crippen LogP contribution in [0.1, 0.15) is 23.2 Å². The number of primary sulfonamides is 1. The topological polar surface area (TPSA) is 124 Å². The van der Waals surface area contributed by atoms with E-state index in [2.05, 4.69) is 0 Å². The quantitative estimate of drug-likeness (QED) is 0.633. The maximum atomic E-state index is 12.2. The summed E-state index contributed by atoms with van der Waals surface area (Å²) in [4.78, 5) is 23.3. The zero-order chi connectivity index (χ0) is 15.8. The Labute approximate surface area is 121 Å². The SMILES string of the molecule is CN(CC1CC1)C(=O)c1cc([N+](=O)[O-])cc(S(N)(=O)=O)c1. The maximum Gasteiger partial charge on any atom is 0.271 e. The molecule has 0 bridgehead atoms. The van der Waals surface area contributed by atoms with Crippen LogP contribution >= 0.6 is 0 Å². The summed E-state index contributed by atoms with van der Waals surface area (Å²) in [6, 6.07) is 2.96. The Hall–Kier alpha value is -2.00. The molecule has 2 rings (SSSR count). The standard InChI is InChI=1S/C12H15N3O5S/c1-14(7-8-2-3-8)12(16)9-4-10(15(17)18)6-11(5-9)21(13,19)20/h4-6,8H,2-3,7H2,1H3,(H2,13,19,20). The van der Waals surface area contributed by atoms with Gasteiger partial charge in [-0.3, -0.25) is 14.9 Å². The third-order valence-electron chi connectivity index (χ3n) is 3.25. The van der Waals surface area contributed by atoms with Gasteiger partial charge in [0, 0.05) is 31.3 Å². The van der Waals surface area contributed by atoms with Gasteiger partial charge in [0.15, 0.2) is 0 Å². The zero-order valence-corrected chi connectivity index (χ0v) is 12.2. The molecule has 0 atom stereocenters. The smallest absolute Gasteiger partial charge is 0.271 e. The molecule has 0 spiro atoms. The van der Waals surface area contributed by atoms with Crippen LogP contribution in [0.3, 0.4) is 0 Å². The second kappa shape index (κ2) is 5.41. The van der Waals surface area contributed by atoms with E-state index in [1.165, 1.54) is 4.90 Å². The van der Waals surface area contributed by atoms with Crippen LogP contribution in [0.15, 0.2) is 23.1 Å². The van der Waals surface area contributed by atoms with Gasteiger partial charge in [0.25, 0.3) is 11.6 Å². The number of hydrogen-bond acceptors (Lipinski definition) is 5. The number of non-ortho nitro benzene ring substituents is 1. The number of carbonyl (C=O) groups excluding carboxylic acids is 1. The summed E-state index contributed by atoms with van der Waals surface area (Å²) in [6.45, 7) is 0.548. The van der Waals surface area contributed by atoms with Crippen LogP contribution in [0.4, 0.5) is 5.69 Å². The molecule has 0 saturated heterocycles. The molecule has 0 aliphatic heterocycles. The highest BCUT2D eigenvalue weighted by Crippen LogP contribution is 2.30. The normalized spacial score (nSPS) is 14.8. The molecule has 21 heavy (non-hydrogen) atoms.